The summed E-state index contributed by atoms with van der Waals surface area (Å²) in [4.78, 5) is 37.5. The Kier molecular flexibility index (Phi) is 5.71. The number of rotatable bonds is 5. The number of carbonyl (C=O) groups excluding carboxylic acids is 3. The van der Waals surface area contributed by atoms with Gasteiger partial charge < -0.3 is 14.5 Å². The Labute approximate surface area is 179 Å². The lowest BCUT2D eigenvalue weighted by Gasteiger charge is -2.27. The minimum absolute atomic E-state index is 0.0188. The van der Waals surface area contributed by atoms with Crippen LogP contribution in [0.3, 0.4) is 0 Å². The lowest BCUT2D eigenvalue weighted by Crippen LogP contribution is -2.53. The van der Waals surface area contributed by atoms with Gasteiger partial charge in [0.15, 0.2) is 5.11 Å². The summed E-state index contributed by atoms with van der Waals surface area (Å²) in [5, 5.41) is 13.7. The predicted molar refractivity (Wildman–Crippen MR) is 115 cm³/mol. The number of aromatic carboxylic acids is 1. The van der Waals surface area contributed by atoms with E-state index in [1.165, 1.54) is 17.0 Å². The highest BCUT2D eigenvalue weighted by atomic mass is 32.1. The quantitative estimate of drug-likeness (QED) is 0.342. The van der Waals surface area contributed by atoms with Gasteiger partial charge in [-0.15, -0.1) is 6.58 Å². The van der Waals surface area contributed by atoms with Crippen LogP contribution in [0.25, 0.3) is 11.8 Å². The first-order valence-corrected chi connectivity index (χ1v) is 9.57. The average Bonchev–Trinajstić information content (AvgIpc) is 2.95. The summed E-state index contributed by atoms with van der Waals surface area (Å²) in [6.07, 6.45) is 3.07. The van der Waals surface area contributed by atoms with E-state index in [4.69, 9.17) is 12.2 Å². The van der Waals surface area contributed by atoms with Gasteiger partial charge in [-0.3, -0.25) is 19.8 Å². The molecule has 3 rings (SSSR count). The molecule has 0 saturated carbocycles. The Hall–Kier alpha value is -3.52. The molecule has 0 unspecified atom stereocenters. The third kappa shape index (κ3) is 3.69. The molecule has 7 nitrogen and oxygen atoms in total. The molecule has 1 saturated heterocycles. The molecule has 2 heterocycles. The lowest BCUT2D eigenvalue weighted by molar-refractivity contribution is -0.255. The molecular formula is C22H20N3O4S-. The van der Waals surface area contributed by atoms with E-state index in [9.17, 15) is 19.5 Å². The van der Waals surface area contributed by atoms with Gasteiger partial charge in [-0.2, -0.15) is 0 Å². The number of nitrogens with one attached hydrogen (secondary N) is 1. The molecule has 1 N–H and O–H groups in total. The maximum atomic E-state index is 12.8. The van der Waals surface area contributed by atoms with E-state index in [0.29, 0.717) is 5.56 Å². The maximum absolute atomic E-state index is 12.8. The third-order valence-electron chi connectivity index (χ3n) is 4.94. The minimum Gasteiger partial charge on any atom is -0.545 e. The van der Waals surface area contributed by atoms with Crippen LogP contribution < -0.4 is 10.4 Å². The summed E-state index contributed by atoms with van der Waals surface area (Å²) < 4.78 is 1.94. The number of aryl methyl sites for hydroxylation is 2. The van der Waals surface area contributed by atoms with Crippen LogP contribution >= 0.6 is 12.2 Å². The molecule has 8 heteroatoms. The smallest absolute Gasteiger partial charge is 0.265 e. The zero-order valence-corrected chi connectivity index (χ0v) is 17.6. The van der Waals surface area contributed by atoms with Gasteiger partial charge in [0, 0.05) is 23.6 Å². The Morgan fingerprint density at radius 2 is 1.93 bits per heavy atom. The van der Waals surface area contributed by atoms with Gasteiger partial charge in [0.1, 0.15) is 5.57 Å². The number of carbonyl (C=O) groups is 3. The van der Waals surface area contributed by atoms with Crippen LogP contribution in [0.1, 0.15) is 32.9 Å². The second-order valence-corrected chi connectivity index (χ2v) is 7.36. The van der Waals surface area contributed by atoms with Crippen LogP contribution in [0.2, 0.25) is 0 Å². The topological polar surface area (TPSA) is 94.5 Å². The van der Waals surface area contributed by atoms with Crippen molar-refractivity contribution in [3.63, 3.8) is 0 Å². The fraction of sp³-hybridized carbons (Fsp3) is 0.182. The molecule has 154 valence electrons. The monoisotopic (exact) mass is 422 g/mol. The molecule has 0 radical (unpaired) electrons. The van der Waals surface area contributed by atoms with Crippen molar-refractivity contribution in [3.8, 4) is 5.69 Å². The second-order valence-electron chi connectivity index (χ2n) is 6.97. The maximum Gasteiger partial charge on any atom is 0.265 e. The van der Waals surface area contributed by atoms with E-state index < -0.39 is 17.8 Å². The van der Waals surface area contributed by atoms with Gasteiger partial charge >= 0.3 is 0 Å². The van der Waals surface area contributed by atoms with E-state index >= 15 is 0 Å². The van der Waals surface area contributed by atoms with Crippen molar-refractivity contribution in [3.05, 3.63) is 70.6 Å². The molecule has 30 heavy (non-hydrogen) atoms. The van der Waals surface area contributed by atoms with Crippen molar-refractivity contribution in [2.75, 3.05) is 6.54 Å². The largest absolute Gasteiger partial charge is 0.545 e. The lowest BCUT2D eigenvalue weighted by atomic mass is 10.1. The van der Waals surface area contributed by atoms with E-state index in [2.05, 4.69) is 11.9 Å². The van der Waals surface area contributed by atoms with Crippen molar-refractivity contribution in [1.29, 1.82) is 0 Å². The zero-order chi connectivity index (χ0) is 22.2. The Morgan fingerprint density at radius 3 is 2.53 bits per heavy atom. The Balaban J connectivity index is 2.07. The molecule has 0 bridgehead atoms. The van der Waals surface area contributed by atoms with Gasteiger partial charge in [-0.1, -0.05) is 12.1 Å². The SMILES string of the molecule is C=CCN1C(=O)/C(=C/c2cc(C)n(-c3ccc(C(=O)[O-])cc3C)c2C)C(=O)NC1=S. The van der Waals surface area contributed by atoms with Crippen molar-refractivity contribution >= 4 is 41.2 Å². The second kappa shape index (κ2) is 8.08. The summed E-state index contributed by atoms with van der Waals surface area (Å²) in [5.74, 6) is -2.27. The first-order valence-electron chi connectivity index (χ1n) is 9.16. The molecule has 1 aromatic carbocycles. The Bertz CT molecular complexity index is 1140. The predicted octanol–water partition coefficient (Wildman–Crippen LogP) is 1.58. The Morgan fingerprint density at radius 1 is 1.23 bits per heavy atom. The summed E-state index contributed by atoms with van der Waals surface area (Å²) in [6.45, 7) is 9.37. The van der Waals surface area contributed by atoms with Crippen molar-refractivity contribution < 1.29 is 19.5 Å². The van der Waals surface area contributed by atoms with Crippen LogP contribution in [0, 0.1) is 20.8 Å². The number of carboxylic acid groups (broad SMARTS) is 1. The number of amides is 2. The average molecular weight is 422 g/mol. The fourth-order valence-electron chi connectivity index (χ4n) is 3.48. The number of hydrogen-bond donors (Lipinski definition) is 1. The van der Waals surface area contributed by atoms with Crippen LogP contribution in [-0.4, -0.2) is 38.9 Å². The van der Waals surface area contributed by atoms with E-state index in [-0.39, 0.29) is 22.8 Å². The van der Waals surface area contributed by atoms with Crippen LogP contribution in [0.5, 0.6) is 0 Å². The molecular weight excluding hydrogens is 402 g/mol. The summed E-state index contributed by atoms with van der Waals surface area (Å²) in [6, 6.07) is 6.61. The third-order valence-corrected chi connectivity index (χ3v) is 5.26. The highest BCUT2D eigenvalue weighted by molar-refractivity contribution is 7.80. The number of aromatic nitrogens is 1. The molecule has 2 aromatic rings. The fourth-order valence-corrected chi connectivity index (χ4v) is 3.73. The minimum atomic E-state index is -1.24. The highest BCUT2D eigenvalue weighted by Gasteiger charge is 2.32. The first-order chi connectivity index (χ1) is 14.1. The molecule has 1 aliphatic heterocycles. The van der Waals surface area contributed by atoms with Crippen LogP contribution in [0.4, 0.5) is 0 Å². The van der Waals surface area contributed by atoms with Crippen molar-refractivity contribution in [2.24, 2.45) is 0 Å². The number of thiocarbonyl (C=S) groups is 1. The molecule has 1 aliphatic rings. The van der Waals surface area contributed by atoms with Crippen LogP contribution in [0.15, 0.2) is 42.5 Å². The van der Waals surface area contributed by atoms with E-state index in [0.717, 1.165) is 22.6 Å². The van der Waals surface area contributed by atoms with Crippen molar-refractivity contribution in [2.45, 2.75) is 20.8 Å². The standard InChI is InChI=1S/C22H21N3O4S/c1-5-8-24-20(27)17(19(26)23-22(24)30)11-16-10-13(3)25(14(16)4)18-7-6-15(21(28)29)9-12(18)2/h5-7,9-11H,1,8H2,2-4H3,(H,28,29)(H,23,26,30)/p-1/b17-11+. The van der Waals surface area contributed by atoms with Gasteiger partial charge in [-0.05, 0) is 74.0 Å². The highest BCUT2D eigenvalue weighted by Crippen LogP contribution is 2.26. The van der Waals surface area contributed by atoms with Gasteiger partial charge in [-0.25, -0.2) is 0 Å². The summed E-state index contributed by atoms with van der Waals surface area (Å²) in [7, 11) is 0. The number of carboxylic acids is 1. The first kappa shape index (κ1) is 21.2. The molecule has 2 amide bonds. The van der Waals surface area contributed by atoms with Gasteiger partial charge in [0.05, 0.1) is 5.97 Å². The van der Waals surface area contributed by atoms with Gasteiger partial charge in [0.25, 0.3) is 11.8 Å². The van der Waals surface area contributed by atoms with Gasteiger partial charge in [0.2, 0.25) is 0 Å². The van der Waals surface area contributed by atoms with Crippen molar-refractivity contribution in [1.82, 2.24) is 14.8 Å². The van der Waals surface area contributed by atoms with E-state index in [1.807, 2.05) is 31.4 Å². The molecule has 1 fully saturated rings. The summed E-state index contributed by atoms with van der Waals surface area (Å²) in [5.41, 5.74) is 4.00. The zero-order valence-electron chi connectivity index (χ0n) is 16.8. The molecule has 0 aliphatic carbocycles. The van der Waals surface area contributed by atoms with Crippen LogP contribution in [-0.2, 0) is 9.59 Å². The molecule has 1 aromatic heterocycles. The number of benzene rings is 1. The normalized spacial score (nSPS) is 15.5. The number of nitrogens with zero attached hydrogens (tertiary/aromatic N) is 2. The number of hydrogen-bond acceptors (Lipinski definition) is 5. The van der Waals surface area contributed by atoms with E-state index in [1.54, 1.807) is 18.2 Å². The molecule has 0 atom stereocenters. The molecule has 0 spiro atoms. The summed E-state index contributed by atoms with van der Waals surface area (Å²) >= 11 is 5.07.